The largest absolute Gasteiger partial charge is 0.393 e. The van der Waals surface area contributed by atoms with E-state index in [1.54, 1.807) is 0 Å². The average molecular weight is 316 g/mol. The van der Waals surface area contributed by atoms with E-state index < -0.39 is 5.60 Å². The van der Waals surface area contributed by atoms with Crippen LogP contribution in [0, 0.1) is 46.8 Å². The summed E-state index contributed by atoms with van der Waals surface area (Å²) in [6.45, 7) is 4.77. The van der Waals surface area contributed by atoms with Crippen LogP contribution in [0.5, 0.6) is 0 Å². The van der Waals surface area contributed by atoms with E-state index >= 15 is 0 Å². The molecule has 0 amide bonds. The molecule has 0 aromatic rings. The van der Waals surface area contributed by atoms with Crippen molar-refractivity contribution in [1.29, 1.82) is 0 Å². The number of rotatable bonds is 0. The first-order chi connectivity index (χ1) is 10.8. The molecule has 0 heterocycles. The monoisotopic (exact) mass is 316 g/mol. The minimum Gasteiger partial charge on any atom is -0.393 e. The highest BCUT2D eigenvalue weighted by molar-refractivity contribution is 5.23. The Kier molecular flexibility index (Phi) is 3.47. The summed E-state index contributed by atoms with van der Waals surface area (Å²) in [7, 11) is 0. The Balaban J connectivity index is 1.65. The first-order valence-electron chi connectivity index (χ1n) is 9.72. The molecule has 4 aliphatic carbocycles. The number of hydrogen-bond acceptors (Lipinski definition) is 2. The average Bonchev–Trinajstić information content (AvgIpc) is 2.80. The molecule has 4 rings (SSSR count). The van der Waals surface area contributed by atoms with Crippen molar-refractivity contribution in [2.24, 2.45) is 34.5 Å². The molecule has 4 aliphatic rings. The quantitative estimate of drug-likeness (QED) is 0.668. The third-order valence-corrected chi connectivity index (χ3v) is 9.03. The van der Waals surface area contributed by atoms with Crippen LogP contribution in [0.1, 0.15) is 71.6 Å². The Bertz CT molecular complexity index is 536. The Morgan fingerprint density at radius 3 is 2.43 bits per heavy atom. The second-order valence-electron chi connectivity index (χ2n) is 9.58. The van der Waals surface area contributed by atoms with E-state index in [0.717, 1.165) is 43.9 Å². The molecule has 1 unspecified atom stereocenters. The van der Waals surface area contributed by atoms with Gasteiger partial charge < -0.3 is 10.2 Å². The third kappa shape index (κ3) is 1.96. The molecule has 4 fully saturated rings. The smallest absolute Gasteiger partial charge is 0.130 e. The molecule has 0 radical (unpaired) electrons. The molecule has 128 valence electrons. The van der Waals surface area contributed by atoms with E-state index in [2.05, 4.69) is 19.8 Å². The number of aliphatic hydroxyl groups is 2. The van der Waals surface area contributed by atoms with Crippen LogP contribution in [0.2, 0.25) is 0 Å². The normalized spacial score (nSPS) is 58.7. The summed E-state index contributed by atoms with van der Waals surface area (Å²) in [5, 5.41) is 21.1. The van der Waals surface area contributed by atoms with Crippen molar-refractivity contribution in [3.8, 4) is 12.3 Å². The zero-order chi connectivity index (χ0) is 16.5. The molecule has 0 bridgehead atoms. The van der Waals surface area contributed by atoms with Crippen molar-refractivity contribution >= 4 is 0 Å². The maximum atomic E-state index is 11.0. The van der Waals surface area contributed by atoms with Gasteiger partial charge in [-0.25, -0.2) is 0 Å². The highest BCUT2D eigenvalue weighted by Gasteiger charge is 2.64. The van der Waals surface area contributed by atoms with Crippen LogP contribution in [-0.4, -0.2) is 21.9 Å². The van der Waals surface area contributed by atoms with Crippen LogP contribution in [0.15, 0.2) is 0 Å². The standard InChI is InChI=1S/C21H32O2/c1-4-21(23)12-9-18-16-6-5-14-13-15(22)7-10-19(14,2)17(16)8-11-20(18,21)3/h1,14-18,22-23H,5-13H2,2-3H3/t14?,15-,16-,17+,18+,19+,20+,21+/m1/s1. The number of hydrogen-bond donors (Lipinski definition) is 2. The molecular weight excluding hydrogens is 284 g/mol. The molecule has 2 heteroatoms. The van der Waals surface area contributed by atoms with Gasteiger partial charge in [0.05, 0.1) is 6.10 Å². The Labute approximate surface area is 141 Å². The van der Waals surface area contributed by atoms with Crippen molar-refractivity contribution in [2.75, 3.05) is 0 Å². The van der Waals surface area contributed by atoms with E-state index in [4.69, 9.17) is 6.42 Å². The molecule has 0 aromatic carbocycles. The summed E-state index contributed by atoms with van der Waals surface area (Å²) >= 11 is 0. The zero-order valence-electron chi connectivity index (χ0n) is 14.7. The van der Waals surface area contributed by atoms with Gasteiger partial charge in [-0.2, -0.15) is 0 Å². The van der Waals surface area contributed by atoms with Gasteiger partial charge in [-0.1, -0.05) is 19.8 Å². The van der Waals surface area contributed by atoms with Gasteiger partial charge in [-0.15, -0.1) is 6.42 Å². The maximum Gasteiger partial charge on any atom is 0.130 e. The van der Waals surface area contributed by atoms with E-state index in [9.17, 15) is 10.2 Å². The Morgan fingerprint density at radius 1 is 0.957 bits per heavy atom. The lowest BCUT2D eigenvalue weighted by molar-refractivity contribution is -0.144. The molecule has 2 N–H and O–H groups in total. The van der Waals surface area contributed by atoms with Crippen LogP contribution in [0.4, 0.5) is 0 Å². The van der Waals surface area contributed by atoms with Gasteiger partial charge in [0, 0.05) is 5.41 Å². The van der Waals surface area contributed by atoms with Gasteiger partial charge in [0.25, 0.3) is 0 Å². The predicted molar refractivity (Wildman–Crippen MR) is 91.5 cm³/mol. The van der Waals surface area contributed by atoms with E-state index in [1.165, 1.54) is 25.7 Å². The molecule has 0 saturated heterocycles. The Hall–Kier alpha value is -0.520. The number of fused-ring (bicyclic) bond motifs is 5. The van der Waals surface area contributed by atoms with Gasteiger partial charge in [-0.3, -0.25) is 0 Å². The molecule has 0 spiro atoms. The van der Waals surface area contributed by atoms with Crippen molar-refractivity contribution in [3.63, 3.8) is 0 Å². The number of terminal acetylenes is 1. The highest BCUT2D eigenvalue weighted by atomic mass is 16.3. The van der Waals surface area contributed by atoms with Crippen molar-refractivity contribution in [1.82, 2.24) is 0 Å². The molecule has 8 atom stereocenters. The first kappa shape index (κ1) is 16.0. The van der Waals surface area contributed by atoms with Gasteiger partial charge in [0.15, 0.2) is 0 Å². The SMILES string of the molecule is C#C[C@]1(O)CC[C@H]2[C@@H]3CCC4C[C@H](O)CC[C@]4(C)[C@H]3CC[C@@]21C. The Morgan fingerprint density at radius 2 is 1.70 bits per heavy atom. The zero-order valence-corrected chi connectivity index (χ0v) is 14.7. The van der Waals surface area contributed by atoms with Crippen LogP contribution in [0.3, 0.4) is 0 Å². The molecule has 0 aromatic heterocycles. The lowest BCUT2D eigenvalue weighted by atomic mass is 9.44. The minimum atomic E-state index is -0.886. The fourth-order valence-corrected chi connectivity index (χ4v) is 7.49. The molecule has 4 saturated carbocycles. The van der Waals surface area contributed by atoms with Crippen molar-refractivity contribution in [2.45, 2.75) is 83.3 Å². The van der Waals surface area contributed by atoms with Crippen molar-refractivity contribution in [3.05, 3.63) is 0 Å². The van der Waals surface area contributed by atoms with Crippen LogP contribution < -0.4 is 0 Å². The first-order valence-corrected chi connectivity index (χ1v) is 9.72. The van der Waals surface area contributed by atoms with E-state index in [-0.39, 0.29) is 11.5 Å². The maximum absolute atomic E-state index is 11.0. The van der Waals surface area contributed by atoms with Crippen LogP contribution >= 0.6 is 0 Å². The van der Waals surface area contributed by atoms with Gasteiger partial charge >= 0.3 is 0 Å². The highest BCUT2D eigenvalue weighted by Crippen LogP contribution is 2.68. The molecule has 23 heavy (non-hydrogen) atoms. The van der Waals surface area contributed by atoms with Gasteiger partial charge in [-0.05, 0) is 86.9 Å². The predicted octanol–water partition coefficient (Wildman–Crippen LogP) is 3.75. The summed E-state index contributed by atoms with van der Waals surface area (Å²) in [6, 6.07) is 0. The van der Waals surface area contributed by atoms with E-state index in [0.29, 0.717) is 17.3 Å². The van der Waals surface area contributed by atoms with E-state index in [1.807, 2.05) is 0 Å². The van der Waals surface area contributed by atoms with Crippen molar-refractivity contribution < 1.29 is 10.2 Å². The second kappa shape index (κ2) is 4.99. The lowest BCUT2D eigenvalue weighted by Crippen LogP contribution is -2.56. The molecule has 2 nitrogen and oxygen atoms in total. The molecular formula is C21H32O2. The van der Waals surface area contributed by atoms with Gasteiger partial charge in [0.1, 0.15) is 5.60 Å². The lowest BCUT2D eigenvalue weighted by Gasteiger charge is -2.61. The molecule has 0 aliphatic heterocycles. The summed E-state index contributed by atoms with van der Waals surface area (Å²) in [5.74, 6) is 5.56. The fraction of sp³-hybridized carbons (Fsp3) is 0.905. The van der Waals surface area contributed by atoms with Crippen LogP contribution in [0.25, 0.3) is 0 Å². The summed E-state index contributed by atoms with van der Waals surface area (Å²) in [5.41, 5.74) is -0.566. The second-order valence-corrected chi connectivity index (χ2v) is 9.58. The summed E-state index contributed by atoms with van der Waals surface area (Å²) in [4.78, 5) is 0. The minimum absolute atomic E-state index is 0.0727. The topological polar surface area (TPSA) is 40.5 Å². The summed E-state index contributed by atoms with van der Waals surface area (Å²) < 4.78 is 0. The fourth-order valence-electron chi connectivity index (χ4n) is 7.49. The summed E-state index contributed by atoms with van der Waals surface area (Å²) in [6.07, 6.45) is 15.6. The van der Waals surface area contributed by atoms with Crippen LogP contribution in [-0.2, 0) is 0 Å². The number of aliphatic hydroxyl groups excluding tert-OH is 1. The van der Waals surface area contributed by atoms with Gasteiger partial charge in [0.2, 0.25) is 0 Å². The third-order valence-electron chi connectivity index (χ3n) is 9.03.